The van der Waals surface area contributed by atoms with E-state index in [1.54, 1.807) is 40.6 Å². The Morgan fingerprint density at radius 3 is 1.34 bits per heavy atom. The first-order valence-electron chi connectivity index (χ1n) is 15.2. The molecule has 0 bridgehead atoms. The number of ether oxygens (including phenoxy) is 6. The second-order valence-corrected chi connectivity index (χ2v) is 10.8. The number of hydrogen-bond acceptors (Lipinski definition) is 8. The predicted molar refractivity (Wildman–Crippen MR) is 174 cm³/mol. The first kappa shape index (κ1) is 36.9. The van der Waals surface area contributed by atoms with Gasteiger partial charge in [0.05, 0.1) is 26.4 Å². The van der Waals surface area contributed by atoms with Crippen molar-refractivity contribution in [2.75, 3.05) is 41.7 Å². The maximum Gasteiger partial charge on any atom is 0.131 e. The van der Waals surface area contributed by atoms with Crippen LogP contribution in [-0.4, -0.2) is 51.9 Å². The van der Waals surface area contributed by atoms with Gasteiger partial charge in [-0.3, -0.25) is 0 Å². The fraction of sp³-hybridized carbons (Fsp3) is 0.500. The number of phenolic OH excluding ortho intramolecular Hbond substituents is 2. The van der Waals surface area contributed by atoms with Crippen LogP contribution in [0.5, 0.6) is 23.0 Å². The van der Waals surface area contributed by atoms with Crippen molar-refractivity contribution in [2.45, 2.75) is 78.8 Å². The lowest BCUT2D eigenvalue weighted by atomic mass is 9.95. The fourth-order valence-corrected chi connectivity index (χ4v) is 4.76. The molecule has 3 rings (SSSR count). The lowest BCUT2D eigenvalue weighted by molar-refractivity contribution is 0.146. The van der Waals surface area contributed by atoms with Gasteiger partial charge in [0.2, 0.25) is 0 Å². The Kier molecular flexibility index (Phi) is 16.7. The average molecular weight is 613 g/mol. The van der Waals surface area contributed by atoms with Crippen molar-refractivity contribution in [2.24, 2.45) is 0 Å². The quantitative estimate of drug-likeness (QED) is 0.149. The van der Waals surface area contributed by atoms with E-state index in [4.69, 9.17) is 33.5 Å². The number of rotatable bonds is 17. The third-order valence-electron chi connectivity index (χ3n) is 7.74. The molecule has 0 aliphatic rings. The lowest BCUT2D eigenvalue weighted by Gasteiger charge is -2.23. The third kappa shape index (κ3) is 10.7. The van der Waals surface area contributed by atoms with Crippen molar-refractivity contribution in [3.05, 3.63) is 81.9 Å². The minimum absolute atomic E-state index is 0.114. The molecule has 0 saturated carbocycles. The zero-order valence-corrected chi connectivity index (χ0v) is 27.8. The van der Waals surface area contributed by atoms with Gasteiger partial charge in [0.25, 0.3) is 0 Å². The van der Waals surface area contributed by atoms with E-state index in [9.17, 15) is 5.11 Å². The molecule has 0 fully saturated rings. The van der Waals surface area contributed by atoms with Crippen LogP contribution >= 0.6 is 0 Å². The molecule has 0 amide bonds. The Hall–Kier alpha value is -3.30. The maximum absolute atomic E-state index is 10.9. The smallest absolute Gasteiger partial charge is 0.131 e. The van der Waals surface area contributed by atoms with Crippen molar-refractivity contribution < 1.29 is 38.6 Å². The van der Waals surface area contributed by atoms with Crippen LogP contribution in [0.2, 0.25) is 0 Å². The van der Waals surface area contributed by atoms with Crippen LogP contribution in [0.25, 0.3) is 0 Å². The summed E-state index contributed by atoms with van der Waals surface area (Å²) >= 11 is 0. The molecule has 0 aliphatic heterocycles. The first-order valence-corrected chi connectivity index (χ1v) is 15.2. The molecule has 2 N–H and O–H groups in total. The SMILES string of the molecule is CCC(C)c1ccc(O)cc1.CCC(C)c1ccc(OCCOc2c(COC)c(COC)c(O)c(COC)c2COC)cc1. The molecule has 244 valence electrons. The molecule has 0 heterocycles. The van der Waals surface area contributed by atoms with Gasteiger partial charge in [-0.25, -0.2) is 0 Å². The summed E-state index contributed by atoms with van der Waals surface area (Å²) in [7, 11) is 6.36. The van der Waals surface area contributed by atoms with Crippen molar-refractivity contribution in [1.82, 2.24) is 0 Å². The van der Waals surface area contributed by atoms with Gasteiger partial charge in [-0.2, -0.15) is 0 Å². The Labute approximate surface area is 263 Å². The monoisotopic (exact) mass is 612 g/mol. The summed E-state index contributed by atoms with van der Waals surface area (Å²) in [6, 6.07) is 15.6. The van der Waals surface area contributed by atoms with Gasteiger partial charge in [-0.15, -0.1) is 0 Å². The van der Waals surface area contributed by atoms with E-state index in [-0.39, 0.29) is 32.2 Å². The molecule has 0 saturated heterocycles. The Morgan fingerprint density at radius 1 is 0.545 bits per heavy atom. The summed E-state index contributed by atoms with van der Waals surface area (Å²) in [5.41, 5.74) is 5.27. The van der Waals surface area contributed by atoms with Crippen LogP contribution in [0, 0.1) is 0 Å². The van der Waals surface area contributed by atoms with Crippen molar-refractivity contribution in [3.63, 3.8) is 0 Å². The van der Waals surface area contributed by atoms with E-state index in [1.807, 2.05) is 24.3 Å². The van der Waals surface area contributed by atoms with Crippen LogP contribution < -0.4 is 9.47 Å². The molecule has 0 spiro atoms. The highest BCUT2D eigenvalue weighted by Crippen LogP contribution is 2.40. The molecule has 8 heteroatoms. The second kappa shape index (κ2) is 19.9. The van der Waals surface area contributed by atoms with E-state index in [2.05, 4.69) is 39.8 Å². The van der Waals surface area contributed by atoms with Crippen molar-refractivity contribution in [1.29, 1.82) is 0 Å². The van der Waals surface area contributed by atoms with Gasteiger partial charge >= 0.3 is 0 Å². The molecule has 2 atom stereocenters. The van der Waals surface area contributed by atoms with Gasteiger partial charge in [-0.05, 0) is 60.1 Å². The minimum Gasteiger partial charge on any atom is -0.508 e. The number of phenols is 2. The van der Waals surface area contributed by atoms with E-state index in [0.717, 1.165) is 29.7 Å². The highest BCUT2D eigenvalue weighted by Gasteiger charge is 2.25. The molecular weight excluding hydrogens is 560 g/mol. The summed E-state index contributed by atoms with van der Waals surface area (Å²) in [5.74, 6) is 2.98. The standard InChI is InChI=1S/C26H38O7.C10H14O/c1-7-18(2)19-8-10-20(11-9-19)32-12-13-33-26-23(16-30-5)21(14-28-3)25(27)22(15-29-4)24(26)17-31-6;1-3-8(2)9-4-6-10(11)7-5-9/h8-11,18,27H,7,12-17H2,1-6H3;4-8,11H,3H2,1-2H3. The van der Waals surface area contributed by atoms with Crippen LogP contribution in [0.1, 0.15) is 85.8 Å². The normalized spacial score (nSPS) is 12.3. The first-order chi connectivity index (χ1) is 21.3. The molecule has 3 aromatic carbocycles. The van der Waals surface area contributed by atoms with Crippen LogP contribution in [0.15, 0.2) is 48.5 Å². The average Bonchev–Trinajstić information content (AvgIpc) is 3.04. The predicted octanol–water partition coefficient (Wildman–Crippen LogP) is 7.85. The number of methoxy groups -OCH3 is 4. The summed E-state index contributed by atoms with van der Waals surface area (Å²) < 4.78 is 33.6. The third-order valence-corrected chi connectivity index (χ3v) is 7.74. The molecule has 0 radical (unpaired) electrons. The summed E-state index contributed by atoms with van der Waals surface area (Å²) in [6.45, 7) is 10.4. The topological polar surface area (TPSA) is 95.8 Å². The van der Waals surface area contributed by atoms with Gasteiger partial charge in [0.15, 0.2) is 0 Å². The summed E-state index contributed by atoms with van der Waals surface area (Å²) in [4.78, 5) is 0. The number of aromatic hydroxyl groups is 2. The van der Waals surface area contributed by atoms with Gasteiger partial charge in [0, 0.05) is 50.7 Å². The zero-order valence-electron chi connectivity index (χ0n) is 27.8. The van der Waals surface area contributed by atoms with Crippen LogP contribution in [0.4, 0.5) is 0 Å². The largest absolute Gasteiger partial charge is 0.508 e. The minimum atomic E-state index is 0.114. The zero-order chi connectivity index (χ0) is 32.5. The molecule has 0 aliphatic carbocycles. The maximum atomic E-state index is 10.9. The Morgan fingerprint density at radius 2 is 0.932 bits per heavy atom. The highest BCUT2D eigenvalue weighted by atomic mass is 16.5. The Bertz CT molecular complexity index is 1190. The summed E-state index contributed by atoms with van der Waals surface area (Å²) in [6.07, 6.45) is 2.25. The van der Waals surface area contributed by atoms with E-state index >= 15 is 0 Å². The summed E-state index contributed by atoms with van der Waals surface area (Å²) in [5, 5.41) is 19.9. The number of benzene rings is 3. The van der Waals surface area contributed by atoms with Gasteiger partial charge < -0.3 is 38.6 Å². The Balaban J connectivity index is 0.000000514. The van der Waals surface area contributed by atoms with E-state index in [0.29, 0.717) is 47.7 Å². The molecule has 8 nitrogen and oxygen atoms in total. The number of hydrogen-bond donors (Lipinski definition) is 2. The molecule has 2 unspecified atom stereocenters. The van der Waals surface area contributed by atoms with Crippen LogP contribution in [0.3, 0.4) is 0 Å². The van der Waals surface area contributed by atoms with Crippen LogP contribution in [-0.2, 0) is 45.4 Å². The molecule has 44 heavy (non-hydrogen) atoms. The van der Waals surface area contributed by atoms with Gasteiger partial charge in [-0.1, -0.05) is 52.0 Å². The van der Waals surface area contributed by atoms with Crippen molar-refractivity contribution >= 4 is 0 Å². The lowest BCUT2D eigenvalue weighted by Crippen LogP contribution is -2.15. The fourth-order valence-electron chi connectivity index (χ4n) is 4.76. The van der Waals surface area contributed by atoms with E-state index < -0.39 is 0 Å². The molecule has 0 aromatic heterocycles. The second-order valence-electron chi connectivity index (χ2n) is 10.8. The molecule has 3 aromatic rings. The molecular formula is C36H52O8. The van der Waals surface area contributed by atoms with Crippen molar-refractivity contribution in [3.8, 4) is 23.0 Å². The van der Waals surface area contributed by atoms with Gasteiger partial charge in [0.1, 0.15) is 36.2 Å². The highest BCUT2D eigenvalue weighted by molar-refractivity contribution is 5.58. The van der Waals surface area contributed by atoms with E-state index in [1.165, 1.54) is 11.1 Å².